The van der Waals surface area contributed by atoms with Crippen LogP contribution < -0.4 is 16.0 Å². The number of tetrazole rings is 1. The Balaban J connectivity index is 1.53. The molecule has 1 aliphatic carbocycles. The zero-order valence-electron chi connectivity index (χ0n) is 22.5. The lowest BCUT2D eigenvalue weighted by atomic mass is 9.63. The minimum absolute atomic E-state index is 0.103. The normalized spacial score (nSPS) is 16.9. The number of rotatable bonds is 8. The summed E-state index contributed by atoms with van der Waals surface area (Å²) in [6.07, 6.45) is 2.51. The van der Waals surface area contributed by atoms with E-state index in [0.29, 0.717) is 49.3 Å². The molecule has 0 spiro atoms. The van der Waals surface area contributed by atoms with Gasteiger partial charge in [0, 0.05) is 31.8 Å². The van der Waals surface area contributed by atoms with Crippen LogP contribution in [0.3, 0.4) is 0 Å². The molecule has 4 N–H and O–H groups in total. The first kappa shape index (κ1) is 27.0. The Kier molecular flexibility index (Phi) is 7.57. The summed E-state index contributed by atoms with van der Waals surface area (Å²) in [5.41, 5.74) is 3.87. The molecule has 2 aliphatic rings. The lowest BCUT2D eigenvalue weighted by Crippen LogP contribution is -2.43. The van der Waals surface area contributed by atoms with Crippen LogP contribution in [-0.4, -0.2) is 83.0 Å². The molecule has 5 rings (SSSR count). The van der Waals surface area contributed by atoms with E-state index in [1.165, 1.54) is 0 Å². The zero-order chi connectivity index (χ0) is 28.3. The van der Waals surface area contributed by atoms with Crippen molar-refractivity contribution in [2.24, 2.45) is 0 Å². The summed E-state index contributed by atoms with van der Waals surface area (Å²) >= 11 is 0. The molecule has 1 saturated heterocycles. The highest BCUT2D eigenvalue weighted by Gasteiger charge is 2.45. The Morgan fingerprint density at radius 1 is 1.07 bits per heavy atom. The number of benzene rings is 2. The van der Waals surface area contributed by atoms with Gasteiger partial charge in [0.25, 0.3) is 11.8 Å². The van der Waals surface area contributed by atoms with Gasteiger partial charge in [-0.05, 0) is 78.7 Å². The van der Waals surface area contributed by atoms with Crippen LogP contribution in [-0.2, 0) is 16.6 Å². The van der Waals surface area contributed by atoms with E-state index < -0.39 is 5.41 Å². The van der Waals surface area contributed by atoms with Gasteiger partial charge in [0.15, 0.2) is 5.82 Å². The van der Waals surface area contributed by atoms with Crippen LogP contribution in [0.4, 0.5) is 0 Å². The van der Waals surface area contributed by atoms with Gasteiger partial charge in [-0.2, -0.15) is 10.5 Å². The molecule has 1 fully saturated rings. The molecule has 3 aromatic rings. The van der Waals surface area contributed by atoms with Crippen molar-refractivity contribution in [3.63, 3.8) is 0 Å². The monoisotopic (exact) mass is 541 g/mol. The first-order valence-corrected chi connectivity index (χ1v) is 13.3. The van der Waals surface area contributed by atoms with E-state index in [0.717, 1.165) is 28.7 Å². The number of aromatic amines is 1. The first-order chi connectivity index (χ1) is 19.4. The molecule has 3 amide bonds. The lowest BCUT2D eigenvalue weighted by Gasteiger charge is -2.39. The van der Waals surface area contributed by atoms with Crippen LogP contribution in [0.5, 0.6) is 0 Å². The van der Waals surface area contributed by atoms with Gasteiger partial charge in [-0.3, -0.25) is 14.4 Å². The largest absolute Gasteiger partial charge is 0.355 e. The van der Waals surface area contributed by atoms with Crippen molar-refractivity contribution < 1.29 is 14.4 Å². The summed E-state index contributed by atoms with van der Waals surface area (Å²) in [6, 6.07) is 13.0. The van der Waals surface area contributed by atoms with Gasteiger partial charge in [-0.15, -0.1) is 10.2 Å². The number of nitrogens with zero attached hydrogens (tertiary/aromatic N) is 5. The molecular weight excluding hydrogens is 510 g/mol. The molecule has 1 aromatic heterocycles. The molecule has 0 bridgehead atoms. The Bertz CT molecular complexity index is 1410. The van der Waals surface area contributed by atoms with Crippen molar-refractivity contribution >= 4 is 17.7 Å². The Morgan fingerprint density at radius 3 is 2.27 bits per heavy atom. The van der Waals surface area contributed by atoms with Crippen molar-refractivity contribution in [1.82, 2.24) is 41.5 Å². The molecule has 12 heteroatoms. The predicted molar refractivity (Wildman–Crippen MR) is 144 cm³/mol. The van der Waals surface area contributed by atoms with Crippen LogP contribution in [0.15, 0.2) is 36.4 Å². The van der Waals surface area contributed by atoms with Crippen LogP contribution in [0.2, 0.25) is 0 Å². The molecule has 206 valence electrons. The van der Waals surface area contributed by atoms with Gasteiger partial charge < -0.3 is 20.9 Å². The molecule has 0 saturated carbocycles. The van der Waals surface area contributed by atoms with Gasteiger partial charge in [0.1, 0.15) is 6.04 Å². The van der Waals surface area contributed by atoms with Gasteiger partial charge >= 0.3 is 0 Å². The number of amides is 3. The summed E-state index contributed by atoms with van der Waals surface area (Å²) in [7, 11) is 3.18. The van der Waals surface area contributed by atoms with E-state index in [1.54, 1.807) is 31.1 Å². The molecule has 0 radical (unpaired) electrons. The summed E-state index contributed by atoms with van der Waals surface area (Å²) in [5.74, 6) is -0.0499. The topological polar surface area (TPSA) is 169 Å². The molecule has 40 heavy (non-hydrogen) atoms. The Morgan fingerprint density at radius 2 is 1.73 bits per heavy atom. The molecule has 12 nitrogen and oxygen atoms in total. The summed E-state index contributed by atoms with van der Waals surface area (Å²) in [6.45, 7) is 1.12. The third-order valence-electron chi connectivity index (χ3n) is 7.89. The van der Waals surface area contributed by atoms with Gasteiger partial charge in [0.05, 0.1) is 18.0 Å². The maximum Gasteiger partial charge on any atom is 0.251 e. The van der Waals surface area contributed by atoms with Crippen molar-refractivity contribution in [1.29, 1.82) is 5.26 Å². The number of nitriles is 1. The van der Waals surface area contributed by atoms with E-state index >= 15 is 0 Å². The number of aromatic nitrogens is 4. The fourth-order valence-corrected chi connectivity index (χ4v) is 5.97. The van der Waals surface area contributed by atoms with Gasteiger partial charge in [-0.25, -0.2) is 0 Å². The van der Waals surface area contributed by atoms with Gasteiger partial charge in [-0.1, -0.05) is 17.3 Å². The van der Waals surface area contributed by atoms with Crippen LogP contribution in [0, 0.1) is 11.3 Å². The lowest BCUT2D eigenvalue weighted by molar-refractivity contribution is -0.130. The highest BCUT2D eigenvalue weighted by atomic mass is 16.2. The first-order valence-electron chi connectivity index (χ1n) is 13.3. The van der Waals surface area contributed by atoms with Gasteiger partial charge in [0.2, 0.25) is 5.91 Å². The molecular formula is C28H31N9O3. The predicted octanol–water partition coefficient (Wildman–Crippen LogP) is 0.652. The second-order valence-corrected chi connectivity index (χ2v) is 10.0. The number of carbonyl (C=O) groups is 3. The molecule has 1 atom stereocenters. The summed E-state index contributed by atoms with van der Waals surface area (Å²) in [5, 5.41) is 33.2. The minimum atomic E-state index is -0.864. The number of hydrogen-bond donors (Lipinski definition) is 4. The average Bonchev–Trinajstić information content (AvgIpc) is 3.70. The van der Waals surface area contributed by atoms with Crippen LogP contribution in [0.25, 0.3) is 0 Å². The Labute approximate surface area is 231 Å². The maximum absolute atomic E-state index is 12.8. The van der Waals surface area contributed by atoms with Crippen molar-refractivity contribution in [3.8, 4) is 6.07 Å². The third kappa shape index (κ3) is 4.69. The summed E-state index contributed by atoms with van der Waals surface area (Å²) < 4.78 is 0. The third-order valence-corrected chi connectivity index (χ3v) is 7.89. The molecule has 2 aromatic carbocycles. The average molecular weight is 542 g/mol. The maximum atomic E-state index is 12.8. The number of likely N-dealkylation sites (tertiary alicyclic amines) is 1. The van der Waals surface area contributed by atoms with Crippen LogP contribution in [0.1, 0.15) is 68.1 Å². The Hall–Kier alpha value is -4.63. The van der Waals surface area contributed by atoms with E-state index in [2.05, 4.69) is 42.6 Å². The van der Waals surface area contributed by atoms with Crippen molar-refractivity contribution in [3.05, 3.63) is 75.6 Å². The fourth-order valence-electron chi connectivity index (χ4n) is 5.97. The second-order valence-electron chi connectivity index (χ2n) is 10.0. The van der Waals surface area contributed by atoms with E-state index in [1.807, 2.05) is 24.3 Å². The molecule has 0 unspecified atom stereocenters. The standard InChI is InChI=1S/C28H31N9O3/c1-30-25(39)17-5-7-22-19(12-17)14-20-13-18(26(40)31-2)6-8-23(20)28(22,27-33-35-36-34-27)9-10-32-16-24(38)37-11-3-4-21(37)15-29/h5-8,12-13,21,32H,3-4,9-11,14,16H2,1-2H3,(H,30,39)(H,31,40)(H,33,34,35,36)/t21-/m0/s1. The van der Waals surface area contributed by atoms with Crippen LogP contribution >= 0.6 is 0 Å². The number of H-pyrrole nitrogens is 1. The fraction of sp³-hybridized carbons (Fsp3) is 0.393. The summed E-state index contributed by atoms with van der Waals surface area (Å²) in [4.78, 5) is 39.4. The number of carbonyl (C=O) groups excluding carboxylic acids is 3. The second kappa shape index (κ2) is 11.2. The number of hydrogen-bond acceptors (Lipinski definition) is 8. The smallest absolute Gasteiger partial charge is 0.251 e. The molecule has 2 heterocycles. The molecule has 1 aliphatic heterocycles. The highest BCUT2D eigenvalue weighted by molar-refractivity contribution is 5.95. The van der Waals surface area contributed by atoms with Crippen molar-refractivity contribution in [2.75, 3.05) is 33.7 Å². The van der Waals surface area contributed by atoms with E-state index in [-0.39, 0.29) is 30.3 Å². The van der Waals surface area contributed by atoms with E-state index in [9.17, 15) is 19.6 Å². The number of fused-ring (bicyclic) bond motifs is 2. The van der Waals surface area contributed by atoms with E-state index in [4.69, 9.17) is 0 Å². The highest BCUT2D eigenvalue weighted by Crippen LogP contribution is 2.47. The SMILES string of the molecule is CNC(=O)c1ccc2c(c1)Cc1cc(C(=O)NC)ccc1C2(CCNCC(=O)N1CCC[C@H]1C#N)c1nn[nH]n1. The number of nitrogens with one attached hydrogen (secondary N) is 4. The quantitative estimate of drug-likeness (QED) is 0.301. The minimum Gasteiger partial charge on any atom is -0.355 e. The van der Waals surface area contributed by atoms with Crippen molar-refractivity contribution in [2.45, 2.75) is 37.1 Å². The zero-order valence-corrected chi connectivity index (χ0v) is 22.5.